The molecule has 0 spiro atoms. The molecule has 0 aliphatic rings. The first kappa shape index (κ1) is 12.4. The maximum absolute atomic E-state index is 11.4. The summed E-state index contributed by atoms with van der Waals surface area (Å²) in [7, 11) is 1.83. The van der Waals surface area contributed by atoms with Crippen LogP contribution in [-0.2, 0) is 4.79 Å². The SMILES string of the molecule is CC(C)N(C)C(=O)CCCCCO. The van der Waals surface area contributed by atoms with Crippen LogP contribution in [0.15, 0.2) is 0 Å². The Morgan fingerprint density at radius 3 is 2.38 bits per heavy atom. The predicted molar refractivity (Wildman–Crippen MR) is 53.5 cm³/mol. The zero-order valence-corrected chi connectivity index (χ0v) is 8.92. The molecule has 0 atom stereocenters. The van der Waals surface area contributed by atoms with Gasteiger partial charge in [-0.1, -0.05) is 6.42 Å². The lowest BCUT2D eigenvalue weighted by atomic mass is 10.2. The molecule has 13 heavy (non-hydrogen) atoms. The van der Waals surface area contributed by atoms with Crippen molar-refractivity contribution < 1.29 is 9.90 Å². The predicted octanol–water partition coefficient (Wildman–Crippen LogP) is 1.41. The number of nitrogens with zero attached hydrogens (tertiary/aromatic N) is 1. The molecule has 0 aliphatic heterocycles. The van der Waals surface area contributed by atoms with E-state index in [1.807, 2.05) is 20.9 Å². The molecule has 0 aliphatic carbocycles. The van der Waals surface area contributed by atoms with Crippen molar-refractivity contribution in [2.75, 3.05) is 13.7 Å². The Morgan fingerprint density at radius 2 is 1.92 bits per heavy atom. The zero-order chi connectivity index (χ0) is 10.3. The van der Waals surface area contributed by atoms with Gasteiger partial charge in [0.2, 0.25) is 5.91 Å². The van der Waals surface area contributed by atoms with E-state index in [-0.39, 0.29) is 18.6 Å². The molecule has 0 aromatic heterocycles. The molecule has 0 radical (unpaired) electrons. The molecule has 0 saturated carbocycles. The van der Waals surface area contributed by atoms with Crippen LogP contribution in [0.1, 0.15) is 39.5 Å². The third-order valence-electron chi connectivity index (χ3n) is 2.22. The number of aliphatic hydroxyl groups is 1. The molecule has 0 fully saturated rings. The smallest absolute Gasteiger partial charge is 0.222 e. The number of unbranched alkanes of at least 4 members (excludes halogenated alkanes) is 2. The van der Waals surface area contributed by atoms with Gasteiger partial charge in [0.15, 0.2) is 0 Å². The molecular formula is C10H21NO2. The van der Waals surface area contributed by atoms with Crippen LogP contribution in [0.25, 0.3) is 0 Å². The summed E-state index contributed by atoms with van der Waals surface area (Å²) < 4.78 is 0. The Balaban J connectivity index is 3.50. The van der Waals surface area contributed by atoms with Gasteiger partial charge in [-0.2, -0.15) is 0 Å². The maximum atomic E-state index is 11.4. The van der Waals surface area contributed by atoms with Crippen molar-refractivity contribution in [3.05, 3.63) is 0 Å². The third kappa shape index (κ3) is 5.64. The topological polar surface area (TPSA) is 40.5 Å². The van der Waals surface area contributed by atoms with Gasteiger partial charge in [0.25, 0.3) is 0 Å². The lowest BCUT2D eigenvalue weighted by molar-refractivity contribution is -0.131. The third-order valence-corrected chi connectivity index (χ3v) is 2.22. The maximum Gasteiger partial charge on any atom is 0.222 e. The Labute approximate surface area is 80.7 Å². The Bertz CT molecular complexity index is 146. The molecule has 0 heterocycles. The summed E-state index contributed by atoms with van der Waals surface area (Å²) in [6.07, 6.45) is 3.23. The van der Waals surface area contributed by atoms with E-state index in [9.17, 15) is 4.79 Å². The molecule has 3 heteroatoms. The molecule has 0 aromatic carbocycles. The number of hydrogen-bond donors (Lipinski definition) is 1. The van der Waals surface area contributed by atoms with Gasteiger partial charge in [0.1, 0.15) is 0 Å². The Kier molecular flexibility index (Phi) is 6.59. The molecule has 0 unspecified atom stereocenters. The van der Waals surface area contributed by atoms with Crippen LogP contribution in [0.3, 0.4) is 0 Å². The average Bonchev–Trinajstić information content (AvgIpc) is 2.10. The van der Waals surface area contributed by atoms with Crippen LogP contribution in [0.5, 0.6) is 0 Å². The number of amides is 1. The van der Waals surface area contributed by atoms with E-state index < -0.39 is 0 Å². The van der Waals surface area contributed by atoms with Crippen molar-refractivity contribution in [2.24, 2.45) is 0 Å². The number of carbonyl (C=O) groups excluding carboxylic acids is 1. The molecule has 0 saturated heterocycles. The highest BCUT2D eigenvalue weighted by Gasteiger charge is 2.10. The van der Waals surface area contributed by atoms with Gasteiger partial charge in [-0.25, -0.2) is 0 Å². The molecule has 0 rings (SSSR count). The minimum Gasteiger partial charge on any atom is -0.396 e. The second-order valence-corrected chi connectivity index (χ2v) is 3.63. The van der Waals surface area contributed by atoms with Gasteiger partial charge in [0, 0.05) is 26.1 Å². The lowest BCUT2D eigenvalue weighted by Gasteiger charge is -2.21. The second kappa shape index (κ2) is 6.89. The van der Waals surface area contributed by atoms with Crippen LogP contribution in [-0.4, -0.2) is 35.6 Å². The number of aliphatic hydroxyl groups excluding tert-OH is 1. The number of hydrogen-bond acceptors (Lipinski definition) is 2. The highest BCUT2D eigenvalue weighted by atomic mass is 16.2. The fourth-order valence-corrected chi connectivity index (χ4v) is 1.03. The summed E-state index contributed by atoms with van der Waals surface area (Å²) in [6, 6.07) is 0.283. The van der Waals surface area contributed by atoms with Crippen LogP contribution in [0, 0.1) is 0 Å². The summed E-state index contributed by atoms with van der Waals surface area (Å²) in [4.78, 5) is 13.2. The second-order valence-electron chi connectivity index (χ2n) is 3.63. The van der Waals surface area contributed by atoms with E-state index in [4.69, 9.17) is 5.11 Å². The molecule has 78 valence electrons. The highest BCUT2D eigenvalue weighted by Crippen LogP contribution is 2.04. The van der Waals surface area contributed by atoms with Crippen molar-refractivity contribution in [3.8, 4) is 0 Å². The van der Waals surface area contributed by atoms with Crippen LogP contribution in [0.2, 0.25) is 0 Å². The van der Waals surface area contributed by atoms with E-state index in [0.29, 0.717) is 6.42 Å². The summed E-state index contributed by atoms with van der Waals surface area (Å²) in [5.74, 6) is 0.202. The van der Waals surface area contributed by atoms with Gasteiger partial charge < -0.3 is 10.0 Å². The summed E-state index contributed by atoms with van der Waals surface area (Å²) >= 11 is 0. The van der Waals surface area contributed by atoms with E-state index >= 15 is 0 Å². The fraction of sp³-hybridized carbons (Fsp3) is 0.900. The minimum absolute atomic E-state index is 0.202. The molecule has 1 N–H and O–H groups in total. The van der Waals surface area contributed by atoms with Crippen LogP contribution >= 0.6 is 0 Å². The molecule has 0 aromatic rings. The molecule has 3 nitrogen and oxygen atoms in total. The summed E-state index contributed by atoms with van der Waals surface area (Å²) in [5, 5.41) is 8.53. The van der Waals surface area contributed by atoms with E-state index in [0.717, 1.165) is 19.3 Å². The van der Waals surface area contributed by atoms with Gasteiger partial charge in [-0.3, -0.25) is 4.79 Å². The minimum atomic E-state index is 0.202. The first-order valence-corrected chi connectivity index (χ1v) is 4.96. The standard InChI is InChI=1S/C10H21NO2/c1-9(2)11(3)10(13)7-5-4-6-8-12/h9,12H,4-8H2,1-3H3. The molecule has 0 bridgehead atoms. The Hall–Kier alpha value is -0.570. The largest absolute Gasteiger partial charge is 0.396 e. The molecule has 1 amide bonds. The van der Waals surface area contributed by atoms with Crippen molar-refractivity contribution in [1.82, 2.24) is 4.90 Å². The van der Waals surface area contributed by atoms with E-state index in [1.165, 1.54) is 0 Å². The summed E-state index contributed by atoms with van der Waals surface area (Å²) in [6.45, 7) is 4.24. The van der Waals surface area contributed by atoms with Crippen molar-refractivity contribution in [3.63, 3.8) is 0 Å². The first-order chi connectivity index (χ1) is 6.09. The highest BCUT2D eigenvalue weighted by molar-refractivity contribution is 5.76. The van der Waals surface area contributed by atoms with E-state index in [1.54, 1.807) is 4.90 Å². The number of carbonyl (C=O) groups is 1. The fourth-order valence-electron chi connectivity index (χ4n) is 1.03. The normalized spacial score (nSPS) is 10.5. The van der Waals surface area contributed by atoms with Crippen molar-refractivity contribution in [1.29, 1.82) is 0 Å². The monoisotopic (exact) mass is 187 g/mol. The van der Waals surface area contributed by atoms with Crippen molar-refractivity contribution >= 4 is 5.91 Å². The zero-order valence-electron chi connectivity index (χ0n) is 8.92. The number of rotatable bonds is 6. The average molecular weight is 187 g/mol. The lowest BCUT2D eigenvalue weighted by Crippen LogP contribution is -2.32. The van der Waals surface area contributed by atoms with Gasteiger partial charge in [-0.05, 0) is 26.7 Å². The van der Waals surface area contributed by atoms with Crippen LogP contribution in [0.4, 0.5) is 0 Å². The van der Waals surface area contributed by atoms with Gasteiger partial charge >= 0.3 is 0 Å². The quantitative estimate of drug-likeness (QED) is 0.639. The van der Waals surface area contributed by atoms with Crippen LogP contribution < -0.4 is 0 Å². The van der Waals surface area contributed by atoms with E-state index in [2.05, 4.69) is 0 Å². The van der Waals surface area contributed by atoms with Crippen molar-refractivity contribution in [2.45, 2.75) is 45.6 Å². The summed E-state index contributed by atoms with van der Waals surface area (Å²) in [5.41, 5.74) is 0. The van der Waals surface area contributed by atoms with Gasteiger partial charge in [-0.15, -0.1) is 0 Å². The first-order valence-electron chi connectivity index (χ1n) is 4.96. The van der Waals surface area contributed by atoms with Gasteiger partial charge in [0.05, 0.1) is 0 Å². The Morgan fingerprint density at radius 1 is 1.31 bits per heavy atom. The molecular weight excluding hydrogens is 166 g/mol.